The Labute approximate surface area is 191 Å². The number of carbonyl (C=O) groups excluding carboxylic acids is 1. The molecule has 1 aliphatic heterocycles. The smallest absolute Gasteiger partial charge is 0.416 e. The molecular weight excluding hydrogens is 456 g/mol. The molecular formula is C24H18F4N2O2S. The molecule has 0 aliphatic carbocycles. The van der Waals surface area contributed by atoms with Gasteiger partial charge in [0.2, 0.25) is 0 Å². The van der Waals surface area contributed by atoms with Crippen molar-refractivity contribution in [1.82, 2.24) is 5.01 Å². The monoisotopic (exact) mass is 474 g/mol. The molecule has 1 unspecified atom stereocenters. The van der Waals surface area contributed by atoms with E-state index < -0.39 is 28.8 Å². The highest BCUT2D eigenvalue weighted by atomic mass is 32.2. The Hall–Kier alpha value is -3.33. The lowest BCUT2D eigenvalue weighted by Crippen LogP contribution is -2.26. The molecule has 0 radical (unpaired) electrons. The lowest BCUT2D eigenvalue weighted by Gasteiger charge is -2.23. The zero-order chi connectivity index (χ0) is 23.8. The topological polar surface area (TPSA) is 41.9 Å². The average molecular weight is 474 g/mol. The largest absolute Gasteiger partial charge is 0.496 e. The van der Waals surface area contributed by atoms with E-state index in [2.05, 4.69) is 5.10 Å². The van der Waals surface area contributed by atoms with Crippen LogP contribution in [-0.4, -0.2) is 23.1 Å². The van der Waals surface area contributed by atoms with E-state index in [1.54, 1.807) is 12.1 Å². The van der Waals surface area contributed by atoms with Crippen molar-refractivity contribution >= 4 is 22.7 Å². The van der Waals surface area contributed by atoms with E-state index in [-0.39, 0.29) is 5.56 Å². The minimum Gasteiger partial charge on any atom is -0.496 e. The van der Waals surface area contributed by atoms with Crippen LogP contribution in [0.4, 0.5) is 17.6 Å². The van der Waals surface area contributed by atoms with Crippen LogP contribution < -0.4 is 4.74 Å². The average Bonchev–Trinajstić information content (AvgIpc) is 3.23. The Bertz CT molecular complexity index is 1210. The van der Waals surface area contributed by atoms with E-state index in [0.717, 1.165) is 29.8 Å². The van der Waals surface area contributed by atoms with E-state index in [4.69, 9.17) is 4.74 Å². The summed E-state index contributed by atoms with van der Waals surface area (Å²) in [6.07, 6.45) is -4.50. The van der Waals surface area contributed by atoms with Gasteiger partial charge in [-0.15, -0.1) is 0 Å². The number of nitrogens with zero attached hydrogens (tertiary/aromatic N) is 2. The molecule has 4 rings (SSSR count). The normalized spacial score (nSPS) is 16.0. The fourth-order valence-corrected chi connectivity index (χ4v) is 4.53. The first kappa shape index (κ1) is 22.8. The molecule has 33 heavy (non-hydrogen) atoms. The van der Waals surface area contributed by atoms with Crippen molar-refractivity contribution in [2.75, 3.05) is 7.11 Å². The molecule has 4 nitrogen and oxygen atoms in total. The summed E-state index contributed by atoms with van der Waals surface area (Å²) in [5.41, 5.74) is 1.46. The van der Waals surface area contributed by atoms with Gasteiger partial charge in [0.1, 0.15) is 22.0 Å². The van der Waals surface area contributed by atoms with Crippen LogP contribution in [0.3, 0.4) is 0 Å². The number of methoxy groups -OCH3 is 1. The standard InChI is InChI=1S/C24H18F4N2O2S/c1-14-3-12-19(20(13-14)32-2)23-30(29-21(33-23)15-6-10-18(25)11-7-15)22(31)16-4-8-17(9-5-16)24(26,27)28/h3-13,23H,1-2H3. The summed E-state index contributed by atoms with van der Waals surface area (Å²) in [6.45, 7) is 1.90. The third-order valence-corrected chi connectivity index (χ3v) is 6.27. The number of benzene rings is 3. The van der Waals surface area contributed by atoms with Gasteiger partial charge < -0.3 is 4.74 Å². The van der Waals surface area contributed by atoms with Crippen molar-refractivity contribution in [2.45, 2.75) is 18.5 Å². The predicted molar refractivity (Wildman–Crippen MR) is 119 cm³/mol. The second kappa shape index (κ2) is 8.90. The van der Waals surface area contributed by atoms with Gasteiger partial charge in [-0.25, -0.2) is 9.40 Å². The second-order valence-corrected chi connectivity index (χ2v) is 8.42. The van der Waals surface area contributed by atoms with Crippen LogP contribution in [0.5, 0.6) is 5.75 Å². The highest BCUT2D eigenvalue weighted by Crippen LogP contribution is 2.45. The molecule has 0 N–H and O–H groups in total. The van der Waals surface area contributed by atoms with E-state index in [9.17, 15) is 22.4 Å². The van der Waals surface area contributed by atoms with Crippen molar-refractivity contribution in [3.63, 3.8) is 0 Å². The van der Waals surface area contributed by atoms with Crippen LogP contribution in [0, 0.1) is 12.7 Å². The van der Waals surface area contributed by atoms with Gasteiger partial charge >= 0.3 is 6.18 Å². The Morgan fingerprint density at radius 3 is 2.30 bits per heavy atom. The number of thioether (sulfide) groups is 1. The second-order valence-electron chi connectivity index (χ2n) is 7.35. The van der Waals surface area contributed by atoms with E-state index in [1.807, 2.05) is 25.1 Å². The summed E-state index contributed by atoms with van der Waals surface area (Å²) in [6, 6.07) is 15.2. The molecule has 1 heterocycles. The maximum Gasteiger partial charge on any atom is 0.416 e. The van der Waals surface area contributed by atoms with Crippen LogP contribution in [0.15, 0.2) is 71.8 Å². The van der Waals surface area contributed by atoms with Gasteiger partial charge in [-0.05, 0) is 67.1 Å². The summed E-state index contributed by atoms with van der Waals surface area (Å²) in [5, 5.41) is 5.52. The summed E-state index contributed by atoms with van der Waals surface area (Å²) < 4.78 is 57.7. The summed E-state index contributed by atoms with van der Waals surface area (Å²) in [5.74, 6) is -0.425. The highest BCUT2D eigenvalue weighted by molar-refractivity contribution is 8.14. The van der Waals surface area contributed by atoms with E-state index in [1.165, 1.54) is 36.0 Å². The van der Waals surface area contributed by atoms with Crippen LogP contribution in [-0.2, 0) is 6.18 Å². The molecule has 1 aliphatic rings. The Kier molecular flexibility index (Phi) is 6.16. The summed E-state index contributed by atoms with van der Waals surface area (Å²) >= 11 is 1.27. The SMILES string of the molecule is COc1cc(C)ccc1C1SC(c2ccc(F)cc2)=NN1C(=O)c1ccc(C(F)(F)F)cc1. The van der Waals surface area contributed by atoms with Crippen LogP contribution in [0.1, 0.15) is 38.0 Å². The third-order valence-electron chi connectivity index (χ3n) is 5.06. The minimum absolute atomic E-state index is 0.0591. The van der Waals surface area contributed by atoms with Crippen LogP contribution in [0.25, 0.3) is 0 Å². The number of hydrazone groups is 1. The zero-order valence-electron chi connectivity index (χ0n) is 17.6. The fraction of sp³-hybridized carbons (Fsp3) is 0.167. The lowest BCUT2D eigenvalue weighted by atomic mass is 10.1. The van der Waals surface area contributed by atoms with Crippen LogP contribution in [0.2, 0.25) is 0 Å². The van der Waals surface area contributed by atoms with E-state index in [0.29, 0.717) is 21.9 Å². The van der Waals surface area contributed by atoms with E-state index >= 15 is 0 Å². The molecule has 0 fully saturated rings. The summed E-state index contributed by atoms with van der Waals surface area (Å²) in [4.78, 5) is 13.3. The van der Waals surface area contributed by atoms with Crippen LogP contribution >= 0.6 is 11.8 Å². The molecule has 0 saturated heterocycles. The first-order valence-corrected chi connectivity index (χ1v) is 10.7. The number of ether oxygens (including phenoxy) is 1. The van der Waals surface area contributed by atoms with Gasteiger partial charge in [-0.1, -0.05) is 23.9 Å². The van der Waals surface area contributed by atoms with Gasteiger partial charge in [0.05, 0.1) is 12.7 Å². The molecule has 3 aromatic carbocycles. The number of alkyl halides is 3. The molecule has 1 atom stereocenters. The van der Waals surface area contributed by atoms with Gasteiger partial charge in [-0.2, -0.15) is 18.3 Å². The fourth-order valence-electron chi connectivity index (χ4n) is 3.35. The predicted octanol–water partition coefficient (Wildman–Crippen LogP) is 6.41. The molecule has 0 spiro atoms. The Morgan fingerprint density at radius 1 is 1.03 bits per heavy atom. The van der Waals surface area contributed by atoms with Gasteiger partial charge in [0.25, 0.3) is 5.91 Å². The Balaban J connectivity index is 1.74. The minimum atomic E-state index is -4.50. The van der Waals surface area contributed by atoms with Gasteiger partial charge in [0, 0.05) is 16.7 Å². The van der Waals surface area contributed by atoms with Crippen molar-refractivity contribution in [3.05, 3.63) is 100 Å². The number of aryl methyl sites for hydroxylation is 1. The van der Waals surface area contributed by atoms with Crippen molar-refractivity contribution in [3.8, 4) is 5.75 Å². The highest BCUT2D eigenvalue weighted by Gasteiger charge is 2.37. The number of halogens is 4. The van der Waals surface area contributed by atoms with Crippen molar-refractivity contribution < 1.29 is 27.1 Å². The number of amides is 1. The molecule has 9 heteroatoms. The molecule has 0 saturated carbocycles. The molecule has 1 amide bonds. The zero-order valence-corrected chi connectivity index (χ0v) is 18.4. The number of rotatable bonds is 4. The number of hydrogen-bond acceptors (Lipinski definition) is 4. The van der Waals surface area contributed by atoms with Gasteiger partial charge in [0.15, 0.2) is 0 Å². The lowest BCUT2D eigenvalue weighted by molar-refractivity contribution is -0.137. The summed E-state index contributed by atoms with van der Waals surface area (Å²) in [7, 11) is 1.52. The Morgan fingerprint density at radius 2 is 1.70 bits per heavy atom. The molecule has 3 aromatic rings. The molecule has 0 bridgehead atoms. The first-order chi connectivity index (χ1) is 15.7. The quantitative estimate of drug-likeness (QED) is 0.410. The number of carbonyl (C=O) groups is 1. The molecule has 170 valence electrons. The van der Waals surface area contributed by atoms with Gasteiger partial charge in [-0.3, -0.25) is 4.79 Å². The maximum absolute atomic E-state index is 13.4. The third kappa shape index (κ3) is 4.73. The maximum atomic E-state index is 13.4. The van der Waals surface area contributed by atoms with Crippen molar-refractivity contribution in [2.24, 2.45) is 5.10 Å². The first-order valence-electron chi connectivity index (χ1n) is 9.84. The van der Waals surface area contributed by atoms with Crippen molar-refractivity contribution in [1.29, 1.82) is 0 Å². The number of hydrogen-bond donors (Lipinski definition) is 0. The molecule has 0 aromatic heterocycles.